The smallest absolute Gasteiger partial charge is 0.251 e. The van der Waals surface area contributed by atoms with E-state index in [0.717, 1.165) is 80.0 Å². The number of aromatic nitrogens is 2. The third kappa shape index (κ3) is 7.71. The third-order valence-corrected chi connectivity index (χ3v) is 8.48. The number of aryl methyl sites for hydroxylation is 1. The van der Waals surface area contributed by atoms with Gasteiger partial charge in [-0.3, -0.25) is 9.69 Å². The van der Waals surface area contributed by atoms with Crippen molar-refractivity contribution in [1.82, 2.24) is 20.2 Å². The minimum absolute atomic E-state index is 0.0539. The number of benzene rings is 2. The van der Waals surface area contributed by atoms with Crippen LogP contribution < -0.4 is 10.2 Å². The van der Waals surface area contributed by atoms with Crippen LogP contribution in [0.2, 0.25) is 0 Å². The van der Waals surface area contributed by atoms with Crippen molar-refractivity contribution in [2.75, 3.05) is 50.8 Å². The maximum atomic E-state index is 12.7. The summed E-state index contributed by atoms with van der Waals surface area (Å²) in [5, 5.41) is 3.79. The van der Waals surface area contributed by atoms with Gasteiger partial charge in [0, 0.05) is 68.4 Å². The summed E-state index contributed by atoms with van der Waals surface area (Å²) in [5.74, 6) is 1.69. The first-order valence-electron chi connectivity index (χ1n) is 14.2. The van der Waals surface area contributed by atoms with Gasteiger partial charge in [0.1, 0.15) is 5.82 Å². The number of thioether (sulfide) groups is 1. The Labute approximate surface area is 242 Å². The third-order valence-electron chi connectivity index (χ3n) is 7.56. The van der Waals surface area contributed by atoms with Crippen molar-refractivity contribution in [3.63, 3.8) is 0 Å². The molecule has 0 saturated carbocycles. The second-order valence-corrected chi connectivity index (χ2v) is 11.4. The number of ether oxygens (including phenoxy) is 1. The highest BCUT2D eigenvalue weighted by atomic mass is 32.2. The molecule has 210 valence electrons. The second kappa shape index (κ2) is 13.9. The fourth-order valence-electron chi connectivity index (χ4n) is 5.07. The van der Waals surface area contributed by atoms with E-state index >= 15 is 0 Å². The van der Waals surface area contributed by atoms with Crippen LogP contribution in [0.1, 0.15) is 45.6 Å². The molecule has 1 aromatic heterocycles. The minimum atomic E-state index is -0.0539. The molecule has 2 fully saturated rings. The van der Waals surface area contributed by atoms with E-state index in [0.29, 0.717) is 17.9 Å². The molecular formula is C32H39N5O2S. The van der Waals surface area contributed by atoms with Gasteiger partial charge >= 0.3 is 0 Å². The molecule has 0 radical (unpaired) electrons. The van der Waals surface area contributed by atoms with Crippen LogP contribution in [0.15, 0.2) is 65.8 Å². The second-order valence-electron chi connectivity index (χ2n) is 10.5. The van der Waals surface area contributed by atoms with Crippen molar-refractivity contribution in [2.24, 2.45) is 0 Å². The fourth-order valence-corrected chi connectivity index (χ4v) is 5.90. The van der Waals surface area contributed by atoms with E-state index in [1.165, 1.54) is 5.56 Å². The number of amides is 1. The van der Waals surface area contributed by atoms with Crippen molar-refractivity contribution >= 4 is 29.6 Å². The summed E-state index contributed by atoms with van der Waals surface area (Å²) in [6, 6.07) is 18.3. The average molecular weight is 558 g/mol. The summed E-state index contributed by atoms with van der Waals surface area (Å²) in [4.78, 5) is 27.3. The first-order chi connectivity index (χ1) is 19.5. The Morgan fingerprint density at radius 1 is 1.07 bits per heavy atom. The van der Waals surface area contributed by atoms with Crippen molar-refractivity contribution in [2.45, 2.75) is 43.7 Å². The Morgan fingerprint density at radius 2 is 1.90 bits per heavy atom. The highest BCUT2D eigenvalue weighted by molar-refractivity contribution is 7.98. The molecule has 0 unspecified atom stereocenters. The number of rotatable bonds is 10. The molecule has 5 rings (SSSR count). The van der Waals surface area contributed by atoms with Gasteiger partial charge in [0.25, 0.3) is 5.91 Å². The number of nitrogens with zero attached hydrogens (tertiary/aromatic N) is 4. The number of carbonyl (C=O) groups is 1. The summed E-state index contributed by atoms with van der Waals surface area (Å²) in [6.45, 7) is 10.4. The van der Waals surface area contributed by atoms with Crippen molar-refractivity contribution in [3.05, 3.63) is 88.6 Å². The van der Waals surface area contributed by atoms with Gasteiger partial charge in [-0.05, 0) is 49.9 Å². The van der Waals surface area contributed by atoms with E-state index in [-0.39, 0.29) is 12.0 Å². The van der Waals surface area contributed by atoms with Crippen molar-refractivity contribution < 1.29 is 9.53 Å². The van der Waals surface area contributed by atoms with E-state index < -0.39 is 0 Å². The molecule has 0 aliphatic carbocycles. The van der Waals surface area contributed by atoms with Crippen LogP contribution >= 0.6 is 11.8 Å². The predicted molar refractivity (Wildman–Crippen MR) is 163 cm³/mol. The normalized spacial score (nSPS) is 17.9. The summed E-state index contributed by atoms with van der Waals surface area (Å²) in [7, 11) is 0. The molecule has 0 bridgehead atoms. The van der Waals surface area contributed by atoms with Gasteiger partial charge in [-0.1, -0.05) is 66.4 Å². The number of nitrogens with one attached hydrogen (secondary N) is 1. The maximum Gasteiger partial charge on any atom is 0.251 e. The summed E-state index contributed by atoms with van der Waals surface area (Å²) < 4.78 is 5.62. The number of anilines is 1. The number of carbonyl (C=O) groups excluding carboxylic acids is 1. The maximum absolute atomic E-state index is 12.7. The molecule has 40 heavy (non-hydrogen) atoms. The first kappa shape index (κ1) is 28.3. The monoisotopic (exact) mass is 557 g/mol. The molecule has 7 nitrogen and oxygen atoms in total. The van der Waals surface area contributed by atoms with Gasteiger partial charge in [-0.2, -0.15) is 0 Å². The highest BCUT2D eigenvalue weighted by Gasteiger charge is 2.21. The van der Waals surface area contributed by atoms with Crippen LogP contribution in [0.3, 0.4) is 0 Å². The van der Waals surface area contributed by atoms with E-state index in [9.17, 15) is 4.79 Å². The average Bonchev–Trinajstić information content (AvgIpc) is 3.51. The van der Waals surface area contributed by atoms with Crippen LogP contribution in [-0.4, -0.2) is 72.8 Å². The SMILES string of the molecule is Cc1nc(SCc2cccc(C(=O)NC[C@@H]3CCCO3)c2)nc(N2CCN(C/C=C/c3ccccc3)CC2)c1C. The Morgan fingerprint density at radius 3 is 2.67 bits per heavy atom. The molecule has 2 aliphatic rings. The van der Waals surface area contributed by atoms with Gasteiger partial charge in [-0.15, -0.1) is 0 Å². The summed E-state index contributed by atoms with van der Waals surface area (Å²) in [6.07, 6.45) is 6.66. The topological polar surface area (TPSA) is 70.6 Å². The number of hydrogen-bond acceptors (Lipinski definition) is 7. The minimum Gasteiger partial charge on any atom is -0.376 e. The lowest BCUT2D eigenvalue weighted by molar-refractivity contribution is 0.0857. The highest BCUT2D eigenvalue weighted by Crippen LogP contribution is 2.27. The Bertz CT molecular complexity index is 1300. The Kier molecular flexibility index (Phi) is 9.86. The lowest BCUT2D eigenvalue weighted by Crippen LogP contribution is -2.47. The molecular weight excluding hydrogens is 518 g/mol. The zero-order valence-electron chi connectivity index (χ0n) is 23.5. The molecule has 1 amide bonds. The van der Waals surface area contributed by atoms with Gasteiger partial charge in [0.05, 0.1) is 6.10 Å². The van der Waals surface area contributed by atoms with Crippen LogP contribution in [0.5, 0.6) is 0 Å². The van der Waals surface area contributed by atoms with Gasteiger partial charge < -0.3 is 15.0 Å². The van der Waals surface area contributed by atoms with Crippen molar-refractivity contribution in [1.29, 1.82) is 0 Å². The fraction of sp³-hybridized carbons (Fsp3) is 0.406. The van der Waals surface area contributed by atoms with Gasteiger partial charge in [-0.25, -0.2) is 9.97 Å². The molecule has 0 spiro atoms. The van der Waals surface area contributed by atoms with Gasteiger partial charge in [0.2, 0.25) is 0 Å². The summed E-state index contributed by atoms with van der Waals surface area (Å²) in [5.41, 5.74) is 5.15. The molecule has 2 aromatic carbocycles. The van der Waals surface area contributed by atoms with E-state index in [1.807, 2.05) is 24.3 Å². The van der Waals surface area contributed by atoms with Crippen LogP contribution in [0.25, 0.3) is 6.08 Å². The standard InChI is InChI=1S/C32H39N5O2S/c1-24-25(2)34-32(40-23-27-11-6-13-28(21-27)31(38)33-22-29-14-8-20-39-29)35-30(24)37-18-16-36(17-19-37)15-7-12-26-9-4-3-5-10-26/h3-7,9-13,21,29H,8,14-20,22-23H2,1-2H3,(H,33,38)/b12-7+/t29-/m0/s1. The summed E-state index contributed by atoms with van der Waals surface area (Å²) >= 11 is 1.62. The zero-order chi connectivity index (χ0) is 27.7. The van der Waals surface area contributed by atoms with E-state index in [2.05, 4.69) is 71.4 Å². The zero-order valence-corrected chi connectivity index (χ0v) is 24.3. The predicted octanol–water partition coefficient (Wildman–Crippen LogP) is 5.13. The lowest BCUT2D eigenvalue weighted by Gasteiger charge is -2.35. The molecule has 2 saturated heterocycles. The van der Waals surface area contributed by atoms with E-state index in [1.54, 1.807) is 11.8 Å². The quantitative estimate of drug-likeness (QED) is 0.274. The molecule has 8 heteroatoms. The Hall–Kier alpha value is -3.20. The number of hydrogen-bond donors (Lipinski definition) is 1. The largest absolute Gasteiger partial charge is 0.376 e. The van der Waals surface area contributed by atoms with Gasteiger partial charge in [0.15, 0.2) is 5.16 Å². The first-order valence-corrected chi connectivity index (χ1v) is 15.2. The molecule has 3 heterocycles. The van der Waals surface area contributed by atoms with E-state index in [4.69, 9.17) is 14.7 Å². The molecule has 3 aromatic rings. The van der Waals surface area contributed by atoms with Crippen molar-refractivity contribution in [3.8, 4) is 0 Å². The molecule has 1 N–H and O–H groups in total. The van der Waals surface area contributed by atoms with Crippen LogP contribution in [0, 0.1) is 13.8 Å². The lowest BCUT2D eigenvalue weighted by atomic mass is 10.1. The van der Waals surface area contributed by atoms with Crippen LogP contribution in [-0.2, 0) is 10.5 Å². The Balaban J connectivity index is 1.15. The molecule has 1 atom stereocenters. The number of piperazine rings is 1. The molecule has 2 aliphatic heterocycles. The van der Waals surface area contributed by atoms with Crippen LogP contribution in [0.4, 0.5) is 5.82 Å².